The van der Waals surface area contributed by atoms with Crippen LogP contribution in [0.25, 0.3) is 0 Å². The van der Waals surface area contributed by atoms with Crippen LogP contribution in [0.4, 0.5) is 29.1 Å². The average Bonchev–Trinajstić information content (AvgIpc) is 3.44. The summed E-state index contributed by atoms with van der Waals surface area (Å²) in [6, 6.07) is 7.61. The van der Waals surface area contributed by atoms with Gasteiger partial charge in [0.15, 0.2) is 0 Å². The van der Waals surface area contributed by atoms with Gasteiger partial charge in [0.2, 0.25) is 5.91 Å². The van der Waals surface area contributed by atoms with Gasteiger partial charge in [0.25, 0.3) is 10.0 Å². The zero-order valence-electron chi connectivity index (χ0n) is 24.6. The average molecular weight is 669 g/mol. The minimum absolute atomic E-state index is 0.0516. The zero-order valence-corrected chi connectivity index (χ0v) is 26.1. The van der Waals surface area contributed by atoms with Gasteiger partial charge in [-0.05, 0) is 75.0 Å². The molecule has 2 fully saturated rings. The number of hydrogen-bond donors (Lipinski definition) is 2. The first kappa shape index (κ1) is 32.9. The molecule has 2 aromatic carbocycles. The molecule has 1 saturated carbocycles. The Balaban J connectivity index is 1.41. The maximum absolute atomic E-state index is 15.3. The third kappa shape index (κ3) is 7.50. The van der Waals surface area contributed by atoms with Crippen molar-refractivity contribution < 1.29 is 30.8 Å². The smallest absolute Gasteiger partial charge is 0.379 e. The van der Waals surface area contributed by atoms with E-state index in [4.69, 9.17) is 11.6 Å². The largest absolute Gasteiger partial charge is 0.416 e. The van der Waals surface area contributed by atoms with Crippen molar-refractivity contribution in [3.63, 3.8) is 0 Å². The number of rotatable bonds is 8. The van der Waals surface area contributed by atoms with Crippen molar-refractivity contribution in [1.82, 2.24) is 19.8 Å². The molecule has 2 heterocycles. The Morgan fingerprint density at radius 1 is 1.13 bits per heavy atom. The molecule has 3 aromatic rings. The van der Waals surface area contributed by atoms with E-state index in [-0.39, 0.29) is 34.3 Å². The second-order valence-corrected chi connectivity index (χ2v) is 13.7. The van der Waals surface area contributed by atoms with Crippen LogP contribution in [0.5, 0.6) is 0 Å². The lowest BCUT2D eigenvalue weighted by molar-refractivity contribution is -0.137. The molecule has 1 aliphatic carbocycles. The van der Waals surface area contributed by atoms with Gasteiger partial charge in [-0.2, -0.15) is 13.2 Å². The molecule has 242 valence electrons. The molecule has 9 nitrogen and oxygen atoms in total. The maximum Gasteiger partial charge on any atom is 0.416 e. The van der Waals surface area contributed by atoms with E-state index in [1.54, 1.807) is 18.0 Å². The third-order valence-electron chi connectivity index (χ3n) is 8.56. The summed E-state index contributed by atoms with van der Waals surface area (Å²) < 4.78 is 83.7. The van der Waals surface area contributed by atoms with Crippen molar-refractivity contribution in [3.8, 4) is 0 Å². The van der Waals surface area contributed by atoms with Crippen molar-refractivity contribution in [2.75, 3.05) is 37.2 Å². The third-order valence-corrected chi connectivity index (χ3v) is 10.2. The monoisotopic (exact) mass is 668 g/mol. The fraction of sp³-hybridized carbons (Fsp3) is 0.433. The summed E-state index contributed by atoms with van der Waals surface area (Å²) >= 11 is 6.48. The standard InChI is InChI=1S/C30H33ClF4N6O3S/c1-40-11-9-20(16-40)29(42)41(2)26-13-19(18-4-3-5-21(12-18)30(33,34)35)6-7-24(26)38-25-15-23(32)27(14-22(25)31)45(43,44)39-28-8-10-36-17-37-28/h3-5,8,10,12,14-15,17,19-20,24,26,38H,6-7,9,11,13,16H2,1-2H3,(H,36,37,39)/t19-,20-,24-,26-/m0/s1. The minimum Gasteiger partial charge on any atom is -0.379 e. The van der Waals surface area contributed by atoms with Gasteiger partial charge in [-0.1, -0.05) is 29.8 Å². The van der Waals surface area contributed by atoms with Crippen LogP contribution in [0.3, 0.4) is 0 Å². The predicted octanol–water partition coefficient (Wildman–Crippen LogP) is 5.62. The molecule has 5 rings (SSSR count). The summed E-state index contributed by atoms with van der Waals surface area (Å²) in [5.74, 6) is -1.66. The van der Waals surface area contributed by atoms with E-state index in [1.165, 1.54) is 18.3 Å². The lowest BCUT2D eigenvalue weighted by atomic mass is 9.77. The minimum atomic E-state index is -4.49. The number of benzene rings is 2. The van der Waals surface area contributed by atoms with Gasteiger partial charge in [-0.15, -0.1) is 0 Å². The highest BCUT2D eigenvalue weighted by Gasteiger charge is 2.40. The molecule has 1 amide bonds. The van der Waals surface area contributed by atoms with Crippen LogP contribution in [0, 0.1) is 11.7 Å². The number of hydrogen-bond acceptors (Lipinski definition) is 7. The fourth-order valence-corrected chi connectivity index (χ4v) is 7.57. The number of anilines is 2. The molecule has 0 bridgehead atoms. The van der Waals surface area contributed by atoms with Gasteiger partial charge in [0.1, 0.15) is 22.9 Å². The zero-order chi connectivity index (χ0) is 32.5. The molecule has 1 aromatic heterocycles. The van der Waals surface area contributed by atoms with Crippen molar-refractivity contribution in [2.24, 2.45) is 5.92 Å². The van der Waals surface area contributed by atoms with Crippen LogP contribution in [-0.4, -0.2) is 73.4 Å². The quantitative estimate of drug-likeness (QED) is 0.300. The van der Waals surface area contributed by atoms with Gasteiger partial charge < -0.3 is 15.1 Å². The molecule has 4 atom stereocenters. The first-order chi connectivity index (χ1) is 21.2. The second-order valence-electron chi connectivity index (χ2n) is 11.6. The summed E-state index contributed by atoms with van der Waals surface area (Å²) in [5, 5.41) is 3.15. The number of likely N-dealkylation sites (N-methyl/N-ethyl adjacent to an activating group) is 1. The Morgan fingerprint density at radius 3 is 2.58 bits per heavy atom. The Bertz CT molecular complexity index is 1650. The van der Waals surface area contributed by atoms with Gasteiger partial charge in [-0.3, -0.25) is 9.52 Å². The number of alkyl halides is 3. The number of amides is 1. The Morgan fingerprint density at radius 2 is 1.91 bits per heavy atom. The second kappa shape index (κ2) is 13.1. The summed E-state index contributed by atoms with van der Waals surface area (Å²) in [5.41, 5.74) is -0.0737. The molecule has 1 aliphatic heterocycles. The number of sulfonamides is 1. The van der Waals surface area contributed by atoms with Gasteiger partial charge in [-0.25, -0.2) is 22.8 Å². The molecule has 0 radical (unpaired) electrons. The van der Waals surface area contributed by atoms with Gasteiger partial charge >= 0.3 is 6.18 Å². The van der Waals surface area contributed by atoms with E-state index < -0.39 is 44.6 Å². The van der Waals surface area contributed by atoms with E-state index in [1.807, 2.05) is 7.05 Å². The molecule has 2 aliphatic rings. The normalized spacial score (nSPS) is 22.6. The molecule has 0 spiro atoms. The Hall–Kier alpha value is -3.49. The van der Waals surface area contributed by atoms with Crippen LogP contribution in [-0.2, 0) is 21.0 Å². The fourth-order valence-electron chi connectivity index (χ4n) is 6.19. The first-order valence-electron chi connectivity index (χ1n) is 14.4. The number of halogens is 5. The lowest BCUT2D eigenvalue weighted by Gasteiger charge is -2.43. The topological polar surface area (TPSA) is 108 Å². The van der Waals surface area contributed by atoms with Gasteiger partial charge in [0.05, 0.1) is 28.2 Å². The lowest BCUT2D eigenvalue weighted by Crippen LogP contribution is -2.52. The van der Waals surface area contributed by atoms with Crippen LogP contribution in [0.2, 0.25) is 5.02 Å². The van der Waals surface area contributed by atoms with E-state index in [9.17, 15) is 26.4 Å². The molecule has 45 heavy (non-hydrogen) atoms. The molecular formula is C30H33ClF4N6O3S. The predicted molar refractivity (Wildman–Crippen MR) is 162 cm³/mol. The maximum atomic E-state index is 15.3. The molecule has 2 N–H and O–H groups in total. The van der Waals surface area contributed by atoms with E-state index >= 15 is 4.39 Å². The highest BCUT2D eigenvalue weighted by atomic mass is 35.5. The number of carbonyl (C=O) groups is 1. The van der Waals surface area contributed by atoms with E-state index in [2.05, 4.69) is 24.9 Å². The highest BCUT2D eigenvalue weighted by Crippen LogP contribution is 2.40. The summed E-state index contributed by atoms with van der Waals surface area (Å²) in [4.78, 5) is 24.1. The Labute approximate surface area is 264 Å². The number of aromatic nitrogens is 2. The first-order valence-corrected chi connectivity index (χ1v) is 16.3. The number of likely N-dealkylation sites (tertiary alicyclic amines) is 1. The van der Waals surface area contributed by atoms with Crippen molar-refractivity contribution in [3.05, 3.63) is 77.0 Å². The molecular weight excluding hydrogens is 636 g/mol. The number of nitrogens with zero attached hydrogens (tertiary/aromatic N) is 4. The highest BCUT2D eigenvalue weighted by molar-refractivity contribution is 7.92. The molecule has 1 saturated heterocycles. The number of carbonyl (C=O) groups excluding carboxylic acids is 1. The van der Waals surface area contributed by atoms with Crippen molar-refractivity contribution in [2.45, 2.75) is 54.8 Å². The van der Waals surface area contributed by atoms with Crippen molar-refractivity contribution >= 4 is 39.0 Å². The number of nitrogens with one attached hydrogen (secondary N) is 2. The van der Waals surface area contributed by atoms with Crippen LogP contribution < -0.4 is 10.0 Å². The van der Waals surface area contributed by atoms with E-state index in [0.717, 1.165) is 37.1 Å². The molecule has 0 unspecified atom stereocenters. The van der Waals surface area contributed by atoms with Crippen LogP contribution in [0.1, 0.15) is 42.7 Å². The summed E-state index contributed by atoms with van der Waals surface area (Å²) in [6.45, 7) is 1.38. The van der Waals surface area contributed by atoms with Crippen molar-refractivity contribution in [1.29, 1.82) is 0 Å². The Kier molecular flexibility index (Phi) is 9.57. The van der Waals surface area contributed by atoms with Crippen LogP contribution in [0.15, 0.2) is 59.9 Å². The van der Waals surface area contributed by atoms with Crippen LogP contribution >= 0.6 is 11.6 Å². The molecule has 15 heteroatoms. The van der Waals surface area contributed by atoms with E-state index in [0.29, 0.717) is 37.8 Å². The van der Waals surface area contributed by atoms with Gasteiger partial charge in [0, 0.05) is 25.8 Å². The SMILES string of the molecule is CN1CC[C@H](C(=O)N(C)[C@H]2C[C@@H](c3cccc(C(F)(F)F)c3)CC[C@@H]2Nc2cc(F)c(S(=O)(=O)Nc3ccncn3)cc2Cl)C1. The summed E-state index contributed by atoms with van der Waals surface area (Å²) in [6.07, 6.45) is -0.0393. The summed E-state index contributed by atoms with van der Waals surface area (Å²) in [7, 11) is -0.761.